The minimum absolute atomic E-state index is 0.181. The lowest BCUT2D eigenvalue weighted by Gasteiger charge is -2.25. The quantitative estimate of drug-likeness (QED) is 0.800. The van der Waals surface area contributed by atoms with Gasteiger partial charge in [-0.1, -0.05) is 35.9 Å². The summed E-state index contributed by atoms with van der Waals surface area (Å²) in [5, 5.41) is 2.15. The topological polar surface area (TPSA) is 42.4 Å². The standard InChI is InChI=1S/C15H15ClN2O2/c16-13-12-7-3-2-6-11(12)10-17-14(13)20-15(19)18-8-4-1-5-9-18/h2-3,6-7,10H,1,4-5,8-9H2. The van der Waals surface area contributed by atoms with Crippen molar-refractivity contribution in [1.82, 2.24) is 9.88 Å². The highest BCUT2D eigenvalue weighted by Gasteiger charge is 2.20. The van der Waals surface area contributed by atoms with Gasteiger partial charge in [0, 0.05) is 30.1 Å². The third kappa shape index (κ3) is 2.56. The molecule has 0 aliphatic carbocycles. The van der Waals surface area contributed by atoms with Gasteiger partial charge in [-0.25, -0.2) is 9.78 Å². The lowest BCUT2D eigenvalue weighted by molar-refractivity contribution is 0.141. The summed E-state index contributed by atoms with van der Waals surface area (Å²) in [7, 11) is 0. The first-order valence-electron chi connectivity index (χ1n) is 6.76. The molecule has 4 nitrogen and oxygen atoms in total. The van der Waals surface area contributed by atoms with E-state index in [-0.39, 0.29) is 12.0 Å². The molecular formula is C15H15ClN2O2. The summed E-state index contributed by atoms with van der Waals surface area (Å²) in [6, 6.07) is 7.62. The van der Waals surface area contributed by atoms with Crippen molar-refractivity contribution in [3.05, 3.63) is 35.5 Å². The highest BCUT2D eigenvalue weighted by Crippen LogP contribution is 2.30. The van der Waals surface area contributed by atoms with Gasteiger partial charge in [0.1, 0.15) is 5.02 Å². The van der Waals surface area contributed by atoms with Crippen molar-refractivity contribution in [2.24, 2.45) is 0 Å². The van der Waals surface area contributed by atoms with E-state index in [1.807, 2.05) is 24.3 Å². The molecule has 0 saturated carbocycles. The first-order valence-corrected chi connectivity index (χ1v) is 7.13. The van der Waals surface area contributed by atoms with Crippen LogP contribution in [0.25, 0.3) is 10.8 Å². The maximum atomic E-state index is 12.1. The molecule has 1 aromatic heterocycles. The van der Waals surface area contributed by atoms with Gasteiger partial charge in [-0.05, 0) is 19.3 Å². The summed E-state index contributed by atoms with van der Waals surface area (Å²) in [6.07, 6.45) is 4.51. The monoisotopic (exact) mass is 290 g/mol. The number of carbonyl (C=O) groups excluding carboxylic acids is 1. The number of hydrogen-bond acceptors (Lipinski definition) is 3. The number of benzene rings is 1. The minimum Gasteiger partial charge on any atom is -0.389 e. The Morgan fingerprint density at radius 3 is 2.75 bits per heavy atom. The van der Waals surface area contributed by atoms with Crippen LogP contribution in [-0.4, -0.2) is 29.1 Å². The molecule has 0 spiro atoms. The first kappa shape index (κ1) is 13.2. The SMILES string of the molecule is O=C(Oc1ncc2ccccc2c1Cl)N1CCCCC1. The van der Waals surface area contributed by atoms with Crippen LogP contribution < -0.4 is 4.74 Å². The number of rotatable bonds is 1. The molecule has 1 saturated heterocycles. The summed E-state index contributed by atoms with van der Waals surface area (Å²) in [6.45, 7) is 1.48. The lowest BCUT2D eigenvalue weighted by atomic mass is 10.1. The van der Waals surface area contributed by atoms with Crippen LogP contribution in [0.1, 0.15) is 19.3 Å². The number of piperidine rings is 1. The number of ether oxygens (including phenoxy) is 1. The highest BCUT2D eigenvalue weighted by atomic mass is 35.5. The summed E-state index contributed by atoms with van der Waals surface area (Å²) in [4.78, 5) is 17.9. The van der Waals surface area contributed by atoms with Gasteiger partial charge in [0.05, 0.1) is 0 Å². The molecule has 0 radical (unpaired) electrons. The molecule has 0 N–H and O–H groups in total. The van der Waals surface area contributed by atoms with E-state index in [9.17, 15) is 4.79 Å². The Bertz CT molecular complexity index is 639. The second kappa shape index (κ2) is 5.67. The lowest BCUT2D eigenvalue weighted by Crippen LogP contribution is -2.37. The molecular weight excluding hydrogens is 276 g/mol. The zero-order valence-corrected chi connectivity index (χ0v) is 11.8. The predicted molar refractivity (Wildman–Crippen MR) is 78.2 cm³/mol. The maximum Gasteiger partial charge on any atom is 0.416 e. The van der Waals surface area contributed by atoms with E-state index in [1.165, 1.54) is 6.42 Å². The van der Waals surface area contributed by atoms with Crippen molar-refractivity contribution in [2.45, 2.75) is 19.3 Å². The van der Waals surface area contributed by atoms with Crippen molar-refractivity contribution in [3.63, 3.8) is 0 Å². The van der Waals surface area contributed by atoms with E-state index in [0.29, 0.717) is 5.02 Å². The van der Waals surface area contributed by atoms with Gasteiger partial charge in [-0.3, -0.25) is 0 Å². The third-order valence-electron chi connectivity index (χ3n) is 3.50. The van der Waals surface area contributed by atoms with Crippen LogP contribution in [0.4, 0.5) is 4.79 Å². The molecule has 1 aromatic carbocycles. The number of aromatic nitrogens is 1. The third-order valence-corrected chi connectivity index (χ3v) is 3.87. The molecule has 1 aliphatic heterocycles. The van der Waals surface area contributed by atoms with E-state index in [4.69, 9.17) is 16.3 Å². The van der Waals surface area contributed by atoms with Crippen molar-refractivity contribution in [1.29, 1.82) is 0 Å². The van der Waals surface area contributed by atoms with E-state index >= 15 is 0 Å². The molecule has 0 bridgehead atoms. The molecule has 1 amide bonds. The average molecular weight is 291 g/mol. The highest BCUT2D eigenvalue weighted by molar-refractivity contribution is 6.36. The zero-order valence-electron chi connectivity index (χ0n) is 11.0. The number of pyridine rings is 1. The Morgan fingerprint density at radius 1 is 1.20 bits per heavy atom. The largest absolute Gasteiger partial charge is 0.416 e. The fourth-order valence-corrected chi connectivity index (χ4v) is 2.66. The summed E-state index contributed by atoms with van der Waals surface area (Å²) in [5.74, 6) is 0.181. The van der Waals surface area contributed by atoms with Crippen molar-refractivity contribution in [3.8, 4) is 5.88 Å². The van der Waals surface area contributed by atoms with E-state index in [1.54, 1.807) is 11.1 Å². The molecule has 20 heavy (non-hydrogen) atoms. The number of nitrogens with zero attached hydrogens (tertiary/aromatic N) is 2. The fraction of sp³-hybridized carbons (Fsp3) is 0.333. The van der Waals surface area contributed by atoms with E-state index < -0.39 is 0 Å². The fourth-order valence-electron chi connectivity index (χ4n) is 2.40. The van der Waals surface area contributed by atoms with Gasteiger partial charge < -0.3 is 9.64 Å². The predicted octanol–water partition coefficient (Wildman–Crippen LogP) is 3.87. The Kier molecular flexibility index (Phi) is 3.74. The van der Waals surface area contributed by atoms with Crippen molar-refractivity contribution in [2.75, 3.05) is 13.1 Å². The van der Waals surface area contributed by atoms with Crippen LogP contribution in [-0.2, 0) is 0 Å². The smallest absolute Gasteiger partial charge is 0.389 e. The summed E-state index contributed by atoms with van der Waals surface area (Å²) < 4.78 is 5.34. The Balaban J connectivity index is 1.83. The second-order valence-electron chi connectivity index (χ2n) is 4.88. The number of amides is 1. The molecule has 2 aromatic rings. The Labute approximate surface area is 122 Å². The van der Waals surface area contributed by atoms with Gasteiger partial charge in [0.25, 0.3) is 0 Å². The summed E-state index contributed by atoms with van der Waals surface area (Å²) >= 11 is 6.27. The molecule has 5 heteroatoms. The molecule has 104 valence electrons. The van der Waals surface area contributed by atoms with Gasteiger partial charge >= 0.3 is 6.09 Å². The van der Waals surface area contributed by atoms with E-state index in [2.05, 4.69) is 4.98 Å². The minimum atomic E-state index is -0.366. The van der Waals surface area contributed by atoms with Gasteiger partial charge in [-0.2, -0.15) is 0 Å². The second-order valence-corrected chi connectivity index (χ2v) is 5.26. The van der Waals surface area contributed by atoms with Gasteiger partial charge in [-0.15, -0.1) is 0 Å². The molecule has 1 aliphatic rings. The van der Waals surface area contributed by atoms with Crippen LogP contribution in [0.15, 0.2) is 30.5 Å². The zero-order chi connectivity index (χ0) is 13.9. The summed E-state index contributed by atoms with van der Waals surface area (Å²) in [5.41, 5.74) is 0. The van der Waals surface area contributed by atoms with Crippen LogP contribution in [0.2, 0.25) is 5.02 Å². The number of halogens is 1. The van der Waals surface area contributed by atoms with Crippen molar-refractivity contribution >= 4 is 28.5 Å². The van der Waals surface area contributed by atoms with Crippen LogP contribution >= 0.6 is 11.6 Å². The number of fused-ring (bicyclic) bond motifs is 1. The molecule has 3 rings (SSSR count). The van der Waals surface area contributed by atoms with Crippen molar-refractivity contribution < 1.29 is 9.53 Å². The molecule has 0 atom stereocenters. The molecule has 2 heterocycles. The first-order chi connectivity index (χ1) is 9.75. The number of carbonyl (C=O) groups is 1. The van der Waals surface area contributed by atoms with Gasteiger partial charge in [0.15, 0.2) is 0 Å². The normalized spacial score (nSPS) is 15.3. The number of hydrogen-bond donors (Lipinski definition) is 0. The molecule has 1 fully saturated rings. The van der Waals surface area contributed by atoms with Crippen LogP contribution in [0, 0.1) is 0 Å². The Morgan fingerprint density at radius 2 is 1.95 bits per heavy atom. The molecule has 0 unspecified atom stereocenters. The van der Waals surface area contributed by atoms with Crippen LogP contribution in [0.3, 0.4) is 0 Å². The Hall–Kier alpha value is -1.81. The van der Waals surface area contributed by atoms with Crippen LogP contribution in [0.5, 0.6) is 5.88 Å². The van der Waals surface area contributed by atoms with Gasteiger partial charge in [0.2, 0.25) is 5.88 Å². The average Bonchev–Trinajstić information content (AvgIpc) is 2.51. The van der Waals surface area contributed by atoms with E-state index in [0.717, 1.165) is 36.7 Å². The number of likely N-dealkylation sites (tertiary alicyclic amines) is 1. The maximum absolute atomic E-state index is 12.1.